The first-order chi connectivity index (χ1) is 15.9. The lowest BCUT2D eigenvalue weighted by atomic mass is 9.88. The SMILES string of the molecule is CC[C@@H](C)Oc1c(Br)cc(Cl)cc1C=Nn1c(C2CCCCC2)nc2ccc(Br)cc2c1=O. The molecule has 1 aromatic heterocycles. The fourth-order valence-electron chi connectivity index (χ4n) is 4.11. The van der Waals surface area contributed by atoms with E-state index in [1.165, 1.54) is 11.1 Å². The fourth-order valence-corrected chi connectivity index (χ4v) is 5.40. The number of ether oxygens (including phenoxy) is 1. The highest BCUT2D eigenvalue weighted by Crippen LogP contribution is 2.34. The van der Waals surface area contributed by atoms with Crippen molar-refractivity contribution >= 4 is 60.6 Å². The third-order valence-electron chi connectivity index (χ3n) is 6.05. The molecule has 8 heteroatoms. The van der Waals surface area contributed by atoms with Crippen LogP contribution in [0.1, 0.15) is 69.7 Å². The minimum Gasteiger partial charge on any atom is -0.489 e. The van der Waals surface area contributed by atoms with Crippen molar-refractivity contribution in [1.82, 2.24) is 9.66 Å². The summed E-state index contributed by atoms with van der Waals surface area (Å²) in [7, 11) is 0. The van der Waals surface area contributed by atoms with Gasteiger partial charge in [-0.05, 0) is 72.4 Å². The van der Waals surface area contributed by atoms with Crippen LogP contribution in [0, 0.1) is 0 Å². The highest BCUT2D eigenvalue weighted by atomic mass is 79.9. The first kappa shape index (κ1) is 24.4. The van der Waals surface area contributed by atoms with Crippen LogP contribution in [0.5, 0.6) is 5.75 Å². The lowest BCUT2D eigenvalue weighted by Crippen LogP contribution is -2.25. The van der Waals surface area contributed by atoms with E-state index >= 15 is 0 Å². The largest absolute Gasteiger partial charge is 0.489 e. The van der Waals surface area contributed by atoms with Crippen molar-refractivity contribution in [2.75, 3.05) is 0 Å². The number of hydrogen-bond donors (Lipinski definition) is 0. The van der Waals surface area contributed by atoms with Crippen molar-refractivity contribution in [2.24, 2.45) is 5.10 Å². The minimum atomic E-state index is -0.177. The van der Waals surface area contributed by atoms with Crippen molar-refractivity contribution in [3.8, 4) is 5.75 Å². The van der Waals surface area contributed by atoms with E-state index in [9.17, 15) is 4.79 Å². The summed E-state index contributed by atoms with van der Waals surface area (Å²) in [5, 5.41) is 5.74. The lowest BCUT2D eigenvalue weighted by molar-refractivity contribution is 0.215. The second-order valence-electron chi connectivity index (χ2n) is 8.47. The predicted molar refractivity (Wildman–Crippen MR) is 142 cm³/mol. The summed E-state index contributed by atoms with van der Waals surface area (Å²) in [5.74, 6) is 1.58. The molecular formula is C25H26Br2ClN3O2. The average molecular weight is 596 g/mol. The second kappa shape index (κ2) is 10.7. The van der Waals surface area contributed by atoms with E-state index in [4.69, 9.17) is 21.3 Å². The van der Waals surface area contributed by atoms with Gasteiger partial charge in [0.05, 0.1) is 27.7 Å². The molecule has 0 aliphatic heterocycles. The molecule has 2 aromatic carbocycles. The fraction of sp³-hybridized carbons (Fsp3) is 0.400. The highest BCUT2D eigenvalue weighted by molar-refractivity contribution is 9.10. The number of nitrogens with zero attached hydrogens (tertiary/aromatic N) is 3. The van der Waals surface area contributed by atoms with Crippen LogP contribution < -0.4 is 10.3 Å². The van der Waals surface area contributed by atoms with Crippen molar-refractivity contribution < 1.29 is 4.74 Å². The summed E-state index contributed by atoms with van der Waals surface area (Å²) in [4.78, 5) is 18.4. The summed E-state index contributed by atoms with van der Waals surface area (Å²) >= 11 is 13.3. The number of aromatic nitrogens is 2. The Labute approximate surface area is 215 Å². The molecule has 0 spiro atoms. The maximum atomic E-state index is 13.5. The van der Waals surface area contributed by atoms with Crippen molar-refractivity contribution in [3.63, 3.8) is 0 Å². The van der Waals surface area contributed by atoms with E-state index in [2.05, 4.69) is 43.9 Å². The Kier molecular flexibility index (Phi) is 7.92. The quantitative estimate of drug-likeness (QED) is 0.275. The minimum absolute atomic E-state index is 0.0230. The summed E-state index contributed by atoms with van der Waals surface area (Å²) in [6.45, 7) is 4.08. The van der Waals surface area contributed by atoms with Crippen LogP contribution in [-0.4, -0.2) is 22.0 Å². The van der Waals surface area contributed by atoms with Gasteiger partial charge in [0.1, 0.15) is 11.6 Å². The maximum Gasteiger partial charge on any atom is 0.282 e. The zero-order chi connectivity index (χ0) is 23.5. The second-order valence-corrected chi connectivity index (χ2v) is 10.7. The molecule has 1 atom stereocenters. The Hall–Kier alpha value is -1.70. The van der Waals surface area contributed by atoms with Crippen LogP contribution in [0.3, 0.4) is 0 Å². The van der Waals surface area contributed by atoms with E-state index in [0.29, 0.717) is 27.2 Å². The van der Waals surface area contributed by atoms with Crippen LogP contribution >= 0.6 is 43.5 Å². The number of rotatable bonds is 6. The molecule has 0 radical (unpaired) electrons. The van der Waals surface area contributed by atoms with Crippen LogP contribution in [0.25, 0.3) is 10.9 Å². The van der Waals surface area contributed by atoms with Crippen LogP contribution in [0.2, 0.25) is 5.02 Å². The first-order valence-corrected chi connectivity index (χ1v) is 13.3. The van der Waals surface area contributed by atoms with Crippen molar-refractivity contribution in [3.05, 3.63) is 66.0 Å². The van der Waals surface area contributed by atoms with Gasteiger partial charge in [-0.25, -0.2) is 4.98 Å². The Bertz CT molecular complexity index is 1250. The zero-order valence-electron chi connectivity index (χ0n) is 18.7. The Morgan fingerprint density at radius 2 is 2.00 bits per heavy atom. The summed E-state index contributed by atoms with van der Waals surface area (Å²) in [6, 6.07) is 9.19. The molecule has 0 N–H and O–H groups in total. The molecule has 0 unspecified atom stereocenters. The van der Waals surface area contributed by atoms with Crippen LogP contribution in [0.15, 0.2) is 49.2 Å². The first-order valence-electron chi connectivity index (χ1n) is 11.3. The van der Waals surface area contributed by atoms with E-state index in [1.807, 2.05) is 19.1 Å². The summed E-state index contributed by atoms with van der Waals surface area (Å²) in [6.07, 6.45) is 8.04. The average Bonchev–Trinajstić information content (AvgIpc) is 2.81. The topological polar surface area (TPSA) is 56.5 Å². The van der Waals surface area contributed by atoms with E-state index in [1.54, 1.807) is 24.4 Å². The van der Waals surface area contributed by atoms with Gasteiger partial charge in [-0.1, -0.05) is 53.7 Å². The molecule has 1 saturated carbocycles. The van der Waals surface area contributed by atoms with E-state index in [0.717, 1.165) is 46.9 Å². The van der Waals surface area contributed by atoms with Gasteiger partial charge in [0.25, 0.3) is 5.56 Å². The zero-order valence-corrected chi connectivity index (χ0v) is 22.6. The summed E-state index contributed by atoms with van der Waals surface area (Å²) < 4.78 is 9.17. The normalized spacial score (nSPS) is 15.9. The third-order valence-corrected chi connectivity index (χ3v) is 7.35. The van der Waals surface area contributed by atoms with Crippen molar-refractivity contribution in [1.29, 1.82) is 0 Å². The Balaban J connectivity index is 1.86. The van der Waals surface area contributed by atoms with E-state index in [-0.39, 0.29) is 17.6 Å². The molecule has 33 heavy (non-hydrogen) atoms. The molecule has 1 heterocycles. The molecule has 3 aromatic rings. The molecule has 0 saturated heterocycles. The van der Waals surface area contributed by atoms with Crippen molar-refractivity contribution in [2.45, 2.75) is 64.4 Å². The number of benzene rings is 2. The number of fused-ring (bicyclic) bond motifs is 1. The molecule has 174 valence electrons. The molecule has 5 nitrogen and oxygen atoms in total. The number of hydrogen-bond acceptors (Lipinski definition) is 4. The monoisotopic (exact) mass is 593 g/mol. The number of halogens is 3. The predicted octanol–water partition coefficient (Wildman–Crippen LogP) is 7.68. The van der Waals surface area contributed by atoms with Gasteiger partial charge >= 0.3 is 0 Å². The summed E-state index contributed by atoms with van der Waals surface area (Å²) in [5.41, 5.74) is 1.22. The van der Waals surface area contributed by atoms with Crippen LogP contribution in [-0.2, 0) is 0 Å². The smallest absolute Gasteiger partial charge is 0.282 e. The highest BCUT2D eigenvalue weighted by Gasteiger charge is 2.23. The van der Waals surface area contributed by atoms with Gasteiger partial charge in [-0.15, -0.1) is 0 Å². The third kappa shape index (κ3) is 5.52. The molecular weight excluding hydrogens is 570 g/mol. The molecule has 0 amide bonds. The Morgan fingerprint density at radius 1 is 1.24 bits per heavy atom. The molecule has 1 aliphatic carbocycles. The van der Waals surface area contributed by atoms with Gasteiger partial charge in [0, 0.05) is 21.0 Å². The standard InChI is InChI=1S/C25H26Br2ClN3O2/c1-3-15(2)33-23-17(11-19(28)13-21(23)27)14-29-31-24(16-7-5-4-6-8-16)30-22-10-9-18(26)12-20(22)25(31)32/h9-16H,3-8H2,1-2H3/t15-/m1/s1. The van der Waals surface area contributed by atoms with Gasteiger partial charge < -0.3 is 4.74 Å². The van der Waals surface area contributed by atoms with Crippen LogP contribution in [0.4, 0.5) is 0 Å². The van der Waals surface area contributed by atoms with Gasteiger partial charge in [-0.2, -0.15) is 9.78 Å². The molecule has 4 rings (SSSR count). The van der Waals surface area contributed by atoms with Gasteiger partial charge in [0.15, 0.2) is 0 Å². The van der Waals surface area contributed by atoms with E-state index < -0.39 is 0 Å². The molecule has 0 bridgehead atoms. The molecule has 1 aliphatic rings. The maximum absolute atomic E-state index is 13.5. The van der Waals surface area contributed by atoms with Gasteiger partial charge in [-0.3, -0.25) is 4.79 Å². The van der Waals surface area contributed by atoms with Gasteiger partial charge in [0.2, 0.25) is 0 Å². The molecule has 1 fully saturated rings. The Morgan fingerprint density at radius 3 is 2.73 bits per heavy atom. The lowest BCUT2D eigenvalue weighted by Gasteiger charge is -2.23.